The summed E-state index contributed by atoms with van der Waals surface area (Å²) >= 11 is 0. The monoisotopic (exact) mass is 1480 g/mol. The number of aromatic nitrogens is 2. The number of nitrogens with zero attached hydrogens (tertiary/aromatic N) is 8. The van der Waals surface area contributed by atoms with Gasteiger partial charge in [-0.3, -0.25) is 77.4 Å². The Morgan fingerprint density at radius 2 is 1.18 bits per heavy atom. The van der Waals surface area contributed by atoms with E-state index in [4.69, 9.17) is 9.47 Å². The molecule has 2 saturated heterocycles. The lowest BCUT2D eigenvalue weighted by atomic mass is 9.88. The predicted molar refractivity (Wildman–Crippen MR) is 367 cm³/mol. The van der Waals surface area contributed by atoms with Gasteiger partial charge in [0.25, 0.3) is 23.7 Å². The number of carbonyl (C=O) groups is 12. The Morgan fingerprint density at radius 1 is 0.657 bits per heavy atom. The van der Waals surface area contributed by atoms with Crippen molar-refractivity contribution in [3.63, 3.8) is 0 Å². The van der Waals surface area contributed by atoms with Crippen LogP contribution in [-0.4, -0.2) is 274 Å². The molecule has 2 aromatic carbocycles. The second-order valence-corrected chi connectivity index (χ2v) is 25.9. The van der Waals surface area contributed by atoms with Gasteiger partial charge in [-0.15, -0.1) is 0 Å². The van der Waals surface area contributed by atoms with Crippen molar-refractivity contribution in [2.45, 2.75) is 132 Å². The first-order chi connectivity index (χ1) is 49.8. The number of rotatable bonds is 43. The molecule has 2 aromatic heterocycles. The zero-order valence-electron chi connectivity index (χ0n) is 58.6. The number of carbonyl (C=O) groups excluding carboxylic acids is 8. The molecule has 36 heteroatoms. The van der Waals surface area contributed by atoms with Gasteiger partial charge in [-0.1, -0.05) is 13.3 Å². The number of amides is 8. The van der Waals surface area contributed by atoms with Crippen molar-refractivity contribution in [3.05, 3.63) is 72.1 Å². The van der Waals surface area contributed by atoms with Crippen LogP contribution in [0.2, 0.25) is 0 Å². The van der Waals surface area contributed by atoms with Gasteiger partial charge in [0.15, 0.2) is 0 Å². The molecule has 2 fully saturated rings. The lowest BCUT2D eigenvalue weighted by Gasteiger charge is -2.44. The fourth-order valence-electron chi connectivity index (χ4n) is 12.1. The van der Waals surface area contributed by atoms with Crippen LogP contribution >= 0.6 is 0 Å². The molecule has 4 heterocycles. The Morgan fingerprint density at radius 3 is 1.71 bits per heavy atom. The molecule has 3 unspecified atom stereocenters. The number of likely N-dealkylation sites (tertiary alicyclic amines) is 1. The van der Waals surface area contributed by atoms with Gasteiger partial charge in [0, 0.05) is 107 Å². The average molecular weight is 1480 g/mol. The van der Waals surface area contributed by atoms with E-state index < -0.39 is 178 Å². The zero-order chi connectivity index (χ0) is 77.0. The van der Waals surface area contributed by atoms with Gasteiger partial charge in [-0.05, 0) is 107 Å². The van der Waals surface area contributed by atoms with E-state index in [1.807, 2.05) is 0 Å². The normalized spacial score (nSPS) is 15.6. The van der Waals surface area contributed by atoms with Crippen molar-refractivity contribution in [3.8, 4) is 17.6 Å². The van der Waals surface area contributed by atoms with Crippen LogP contribution in [-0.2, 0) is 47.9 Å². The topological polar surface area (TPSA) is 442 Å². The summed E-state index contributed by atoms with van der Waals surface area (Å²) in [5, 5.41) is 64.5. The van der Waals surface area contributed by atoms with Crippen LogP contribution in [0.4, 0.5) is 17.6 Å². The van der Waals surface area contributed by atoms with E-state index in [9.17, 15) is 101 Å². The number of hydrogen-bond acceptors (Lipinski definition) is 20. The number of benzene rings is 2. The quantitative estimate of drug-likeness (QED) is 0.0225. The number of ether oxygens (including phenoxy) is 2. The van der Waals surface area contributed by atoms with Crippen molar-refractivity contribution in [1.29, 1.82) is 5.26 Å². The highest BCUT2D eigenvalue weighted by Crippen LogP contribution is 2.33. The second-order valence-electron chi connectivity index (χ2n) is 25.9. The van der Waals surface area contributed by atoms with Gasteiger partial charge in [-0.2, -0.15) is 5.26 Å². The van der Waals surface area contributed by atoms with Crippen LogP contribution in [0.3, 0.4) is 0 Å². The maximum Gasteiger partial charge on any atom is 0.326 e. The van der Waals surface area contributed by atoms with E-state index in [-0.39, 0.29) is 102 Å². The maximum atomic E-state index is 14.0. The molecule has 6 rings (SSSR count). The first kappa shape index (κ1) is 83.5. The number of pyridine rings is 2. The number of unbranched alkanes of at least 4 members (excludes halogenated alkanes) is 3. The third kappa shape index (κ3) is 27.0. The molecule has 4 aromatic rings. The van der Waals surface area contributed by atoms with Gasteiger partial charge in [0.05, 0.1) is 87.3 Å². The minimum atomic E-state index is -3.24. The molecule has 0 aliphatic carbocycles. The number of alkyl halides is 4. The molecule has 0 bridgehead atoms. The van der Waals surface area contributed by atoms with Crippen molar-refractivity contribution in [2.24, 2.45) is 0 Å². The highest BCUT2D eigenvalue weighted by Gasteiger charge is 2.47. The summed E-state index contributed by atoms with van der Waals surface area (Å²) in [4.78, 5) is 168. The van der Waals surface area contributed by atoms with Gasteiger partial charge < -0.3 is 71.6 Å². The van der Waals surface area contributed by atoms with Gasteiger partial charge >= 0.3 is 23.9 Å². The molecule has 572 valence electrons. The van der Waals surface area contributed by atoms with Gasteiger partial charge in [-0.25, -0.2) is 22.4 Å². The van der Waals surface area contributed by atoms with Crippen molar-refractivity contribution in [2.75, 3.05) is 112 Å². The molecular formula is C69H90F4N14O18. The van der Waals surface area contributed by atoms with Crippen LogP contribution in [0.15, 0.2) is 60.9 Å². The fraction of sp³-hybridized carbons (Fsp3) is 0.551. The average Bonchev–Trinajstić information content (AvgIpc) is 1.79. The number of fused-ring (bicyclic) bond motifs is 2. The first-order valence-corrected chi connectivity index (χ1v) is 34.3. The van der Waals surface area contributed by atoms with E-state index in [2.05, 4.69) is 41.9 Å². The number of nitrogens with one attached hydrogen (secondary N) is 6. The van der Waals surface area contributed by atoms with Gasteiger partial charge in [0.1, 0.15) is 29.6 Å². The minimum absolute atomic E-state index is 0.0522. The van der Waals surface area contributed by atoms with E-state index >= 15 is 0 Å². The molecule has 3 atom stereocenters. The number of nitriles is 1. The SMILES string of the molecule is CCC(F)(F)CN(C)C(=O)CNC(=O)c1ccnc2ccc(OCCCCNC(=O)CCC(NC(=O)CCC(NC(=O)CCCCC3(N(C)CC(=O)O)CN(CC(=O)O)CCN(CC(=O)O)C3)C(=O)O)C(=O)NCCCCOc3ccc4nccc(C(=O)NCC(=O)N5CC(F)(F)CC5C#N)c4c3)cc12. The van der Waals surface area contributed by atoms with E-state index in [0.717, 1.165) is 9.80 Å². The van der Waals surface area contributed by atoms with Crippen LogP contribution in [0.1, 0.15) is 118 Å². The number of halogens is 4. The number of likely N-dealkylation sites (N-methyl/N-ethyl adjacent to an activating group) is 2. The largest absolute Gasteiger partial charge is 0.494 e. The molecular weight excluding hydrogens is 1390 g/mol. The number of carboxylic acid groups (broad SMARTS) is 4. The summed E-state index contributed by atoms with van der Waals surface area (Å²) < 4.78 is 67.6. The summed E-state index contributed by atoms with van der Waals surface area (Å²) in [6.45, 7) is -1.91. The molecule has 8 amide bonds. The molecule has 105 heavy (non-hydrogen) atoms. The van der Waals surface area contributed by atoms with Crippen molar-refractivity contribution in [1.82, 2.24) is 66.4 Å². The number of aliphatic carboxylic acids is 4. The molecule has 2 aliphatic heterocycles. The Hall–Kier alpha value is -10.4. The molecule has 2 aliphatic rings. The Balaban J connectivity index is 1.02. The van der Waals surface area contributed by atoms with Gasteiger partial charge in [0.2, 0.25) is 35.4 Å². The van der Waals surface area contributed by atoms with Crippen molar-refractivity contribution >= 4 is 92.9 Å². The molecule has 0 saturated carbocycles. The fourth-order valence-corrected chi connectivity index (χ4v) is 12.1. The Labute approximate surface area is 601 Å². The highest BCUT2D eigenvalue weighted by molar-refractivity contribution is 6.08. The van der Waals surface area contributed by atoms with Crippen LogP contribution in [0.25, 0.3) is 21.8 Å². The summed E-state index contributed by atoms with van der Waals surface area (Å²) in [6, 6.07) is 9.85. The smallest absolute Gasteiger partial charge is 0.326 e. The van der Waals surface area contributed by atoms with Crippen LogP contribution in [0.5, 0.6) is 11.5 Å². The van der Waals surface area contributed by atoms with E-state index in [1.165, 1.54) is 50.4 Å². The molecule has 0 radical (unpaired) electrons. The van der Waals surface area contributed by atoms with Crippen molar-refractivity contribution < 1.29 is 105 Å². The van der Waals surface area contributed by atoms with E-state index in [0.29, 0.717) is 59.0 Å². The Kier molecular flexibility index (Phi) is 31.8. The molecule has 0 spiro atoms. The lowest BCUT2D eigenvalue weighted by molar-refractivity contribution is -0.142. The highest BCUT2D eigenvalue weighted by atomic mass is 19.3. The minimum Gasteiger partial charge on any atom is -0.494 e. The second kappa shape index (κ2) is 40.0. The van der Waals surface area contributed by atoms with E-state index in [1.54, 1.807) is 52.3 Å². The molecule has 10 N–H and O–H groups in total. The predicted octanol–water partition coefficient (Wildman–Crippen LogP) is 2.47. The summed E-state index contributed by atoms with van der Waals surface area (Å²) in [5.41, 5.74) is 0.00148. The Bertz CT molecular complexity index is 3780. The first-order valence-electron chi connectivity index (χ1n) is 34.3. The summed E-state index contributed by atoms with van der Waals surface area (Å²) in [5.74, 6) is -16.2. The zero-order valence-corrected chi connectivity index (χ0v) is 58.6. The summed E-state index contributed by atoms with van der Waals surface area (Å²) in [7, 11) is 2.75. The van der Waals surface area contributed by atoms with Crippen LogP contribution < -0.4 is 41.4 Å². The maximum absolute atomic E-state index is 14.0. The molecule has 32 nitrogen and oxygen atoms in total. The standard InChI is InChI=1S/C69H90F4N14O18/c1-4-68(70,71)42-83(2)58(91)35-79-63(99)47-20-25-75-51-14-12-45(31-49(47)51)104-29-9-7-23-77-55(88)18-16-53(65(101)78-24-8-10-30-105-46-13-15-52-50(32-46)48(21-26-76-52)64(100)80-36-59(92)87-43-69(72,73)33-44(87)34-74)81-57(90)19-17-54(66(102)103)82-56(89)11-5-6-22-67(84(3)37-60(93)94)40-85(38-61(95)96)27-28-86(41-67)39-62(97)98/h12-15,20-21,25-26,31-32,44,53-54H,4-11,16-19,22-24,27-30,33,35-43H2,1-3H3,(H,77,88)(H,78,101)(H,79,99)(H,80,100)(H,81,90)(H,82,89)(H,93,94)(H,95,96)(H,97,98)(H,102,103). The number of carboxylic acids is 4. The third-order valence-corrected chi connectivity index (χ3v) is 17.7. The third-order valence-electron chi connectivity index (χ3n) is 17.7. The number of hydrogen-bond donors (Lipinski definition) is 10. The van der Waals surface area contributed by atoms with Crippen LogP contribution in [0, 0.1) is 11.3 Å². The summed E-state index contributed by atoms with van der Waals surface area (Å²) in [6.07, 6.45) is 1.98. The lowest BCUT2D eigenvalue weighted by Crippen LogP contribution is -2.59.